The highest BCUT2D eigenvalue weighted by molar-refractivity contribution is 5.92. The van der Waals surface area contributed by atoms with E-state index in [-0.39, 0.29) is 6.04 Å². The zero-order chi connectivity index (χ0) is 6.69. The van der Waals surface area contributed by atoms with Crippen LogP contribution in [0.15, 0.2) is 5.16 Å². The SMILES string of the molecule is CO/N=C1\CNCC1N. The van der Waals surface area contributed by atoms with E-state index in [4.69, 9.17) is 5.73 Å². The Morgan fingerprint density at radius 1 is 1.89 bits per heavy atom. The standard InChI is InChI=1S/C5H11N3O/c1-9-8-5-3-7-2-4(5)6/h4,7H,2-3,6H2,1H3/b8-5+. The highest BCUT2D eigenvalue weighted by Crippen LogP contribution is 1.91. The van der Waals surface area contributed by atoms with Crippen LogP contribution in [0.25, 0.3) is 0 Å². The summed E-state index contributed by atoms with van der Waals surface area (Å²) in [5.74, 6) is 0. The van der Waals surface area contributed by atoms with Crippen molar-refractivity contribution < 1.29 is 4.84 Å². The molecular weight excluding hydrogens is 118 g/mol. The first-order chi connectivity index (χ1) is 4.34. The lowest BCUT2D eigenvalue weighted by Gasteiger charge is -1.98. The Morgan fingerprint density at radius 3 is 3.11 bits per heavy atom. The van der Waals surface area contributed by atoms with Crippen LogP contribution in [0.2, 0.25) is 0 Å². The van der Waals surface area contributed by atoms with Gasteiger partial charge in [-0.1, -0.05) is 5.16 Å². The van der Waals surface area contributed by atoms with Crippen molar-refractivity contribution in [3.05, 3.63) is 0 Å². The minimum atomic E-state index is 0.0462. The molecule has 1 rings (SSSR count). The second-order valence-electron chi connectivity index (χ2n) is 2.00. The topological polar surface area (TPSA) is 59.6 Å². The molecule has 1 unspecified atom stereocenters. The van der Waals surface area contributed by atoms with Crippen LogP contribution in [-0.2, 0) is 4.84 Å². The Morgan fingerprint density at radius 2 is 2.67 bits per heavy atom. The number of nitrogens with zero attached hydrogens (tertiary/aromatic N) is 1. The Balaban J connectivity index is 2.48. The predicted molar refractivity (Wildman–Crippen MR) is 35.3 cm³/mol. The maximum absolute atomic E-state index is 5.59. The van der Waals surface area contributed by atoms with Crippen molar-refractivity contribution in [2.45, 2.75) is 6.04 Å². The fraction of sp³-hybridized carbons (Fsp3) is 0.800. The lowest BCUT2D eigenvalue weighted by atomic mass is 10.2. The number of oxime groups is 1. The first-order valence-electron chi connectivity index (χ1n) is 2.91. The number of hydrogen-bond donors (Lipinski definition) is 2. The van der Waals surface area contributed by atoms with E-state index in [1.54, 1.807) is 0 Å². The molecule has 0 spiro atoms. The van der Waals surface area contributed by atoms with E-state index in [0.29, 0.717) is 0 Å². The van der Waals surface area contributed by atoms with Crippen LogP contribution in [0.4, 0.5) is 0 Å². The van der Waals surface area contributed by atoms with Crippen LogP contribution >= 0.6 is 0 Å². The lowest BCUT2D eigenvalue weighted by Crippen LogP contribution is -2.29. The Bertz CT molecular complexity index is 123. The normalized spacial score (nSPS) is 31.3. The zero-order valence-corrected chi connectivity index (χ0v) is 5.42. The Kier molecular flexibility index (Phi) is 2.02. The average molecular weight is 129 g/mol. The zero-order valence-electron chi connectivity index (χ0n) is 5.42. The summed E-state index contributed by atoms with van der Waals surface area (Å²) in [5.41, 5.74) is 6.49. The minimum absolute atomic E-state index is 0.0462. The van der Waals surface area contributed by atoms with E-state index in [1.807, 2.05) is 0 Å². The molecule has 1 saturated heterocycles. The molecule has 1 aliphatic heterocycles. The van der Waals surface area contributed by atoms with Crippen molar-refractivity contribution in [2.24, 2.45) is 10.9 Å². The van der Waals surface area contributed by atoms with Gasteiger partial charge >= 0.3 is 0 Å². The number of nitrogens with one attached hydrogen (secondary N) is 1. The molecule has 3 N–H and O–H groups in total. The molecule has 52 valence electrons. The molecule has 0 aliphatic carbocycles. The fourth-order valence-electron chi connectivity index (χ4n) is 0.822. The van der Waals surface area contributed by atoms with Crippen molar-refractivity contribution >= 4 is 5.71 Å². The van der Waals surface area contributed by atoms with Gasteiger partial charge in [-0.2, -0.15) is 0 Å². The monoisotopic (exact) mass is 129 g/mol. The van der Waals surface area contributed by atoms with E-state index in [2.05, 4.69) is 15.3 Å². The second-order valence-corrected chi connectivity index (χ2v) is 2.00. The largest absolute Gasteiger partial charge is 0.399 e. The van der Waals surface area contributed by atoms with E-state index >= 15 is 0 Å². The van der Waals surface area contributed by atoms with Crippen molar-refractivity contribution in [3.8, 4) is 0 Å². The summed E-state index contributed by atoms with van der Waals surface area (Å²) in [5, 5.41) is 6.80. The van der Waals surface area contributed by atoms with Gasteiger partial charge in [-0.3, -0.25) is 0 Å². The molecule has 0 bridgehead atoms. The summed E-state index contributed by atoms with van der Waals surface area (Å²) < 4.78 is 0. The van der Waals surface area contributed by atoms with E-state index in [9.17, 15) is 0 Å². The van der Waals surface area contributed by atoms with E-state index in [0.717, 1.165) is 18.8 Å². The molecule has 4 nitrogen and oxygen atoms in total. The molecule has 0 radical (unpaired) electrons. The highest BCUT2D eigenvalue weighted by atomic mass is 16.6. The molecule has 0 aromatic heterocycles. The van der Waals surface area contributed by atoms with Crippen LogP contribution in [0.3, 0.4) is 0 Å². The van der Waals surface area contributed by atoms with Gasteiger partial charge in [0.25, 0.3) is 0 Å². The molecule has 1 fully saturated rings. The molecule has 4 heteroatoms. The summed E-state index contributed by atoms with van der Waals surface area (Å²) in [6.45, 7) is 1.57. The summed E-state index contributed by atoms with van der Waals surface area (Å²) in [6.07, 6.45) is 0. The summed E-state index contributed by atoms with van der Waals surface area (Å²) in [6, 6.07) is 0.0462. The van der Waals surface area contributed by atoms with Gasteiger partial charge in [0.15, 0.2) is 0 Å². The lowest BCUT2D eigenvalue weighted by molar-refractivity contribution is 0.212. The predicted octanol–water partition coefficient (Wildman–Crippen LogP) is -1.08. The highest BCUT2D eigenvalue weighted by Gasteiger charge is 2.17. The third-order valence-electron chi connectivity index (χ3n) is 1.31. The fourth-order valence-corrected chi connectivity index (χ4v) is 0.822. The molecule has 0 amide bonds. The summed E-state index contributed by atoms with van der Waals surface area (Å²) >= 11 is 0. The van der Waals surface area contributed by atoms with Crippen molar-refractivity contribution in [3.63, 3.8) is 0 Å². The van der Waals surface area contributed by atoms with Crippen LogP contribution in [0.1, 0.15) is 0 Å². The number of nitrogens with two attached hydrogens (primary N) is 1. The molecule has 1 heterocycles. The van der Waals surface area contributed by atoms with E-state index in [1.165, 1.54) is 7.11 Å². The third kappa shape index (κ3) is 1.40. The second kappa shape index (κ2) is 2.80. The van der Waals surface area contributed by atoms with Gasteiger partial charge in [-0.05, 0) is 0 Å². The summed E-state index contributed by atoms with van der Waals surface area (Å²) in [7, 11) is 1.53. The molecule has 1 atom stereocenters. The third-order valence-corrected chi connectivity index (χ3v) is 1.31. The smallest absolute Gasteiger partial charge is 0.106 e. The van der Waals surface area contributed by atoms with Crippen molar-refractivity contribution in [2.75, 3.05) is 20.2 Å². The quantitative estimate of drug-likeness (QED) is 0.443. The average Bonchev–Trinajstić information content (AvgIpc) is 2.18. The first kappa shape index (κ1) is 6.51. The molecule has 0 aromatic rings. The molecular formula is C5H11N3O. The maximum atomic E-state index is 5.59. The molecule has 0 aromatic carbocycles. The molecule has 0 saturated carbocycles. The van der Waals surface area contributed by atoms with Crippen LogP contribution in [-0.4, -0.2) is 32.0 Å². The van der Waals surface area contributed by atoms with E-state index < -0.39 is 0 Å². The minimum Gasteiger partial charge on any atom is -0.399 e. The van der Waals surface area contributed by atoms with Gasteiger partial charge in [-0.25, -0.2) is 0 Å². The van der Waals surface area contributed by atoms with Gasteiger partial charge < -0.3 is 15.9 Å². The number of rotatable bonds is 1. The summed E-state index contributed by atoms with van der Waals surface area (Å²) in [4.78, 5) is 4.56. The van der Waals surface area contributed by atoms with Crippen LogP contribution in [0.5, 0.6) is 0 Å². The maximum Gasteiger partial charge on any atom is 0.106 e. The molecule has 1 aliphatic rings. The van der Waals surface area contributed by atoms with Gasteiger partial charge in [0.2, 0.25) is 0 Å². The van der Waals surface area contributed by atoms with Gasteiger partial charge in [0, 0.05) is 13.1 Å². The molecule has 9 heavy (non-hydrogen) atoms. The van der Waals surface area contributed by atoms with Crippen LogP contribution in [0, 0.1) is 0 Å². The Labute approximate surface area is 54.0 Å². The van der Waals surface area contributed by atoms with Gasteiger partial charge in [0.1, 0.15) is 7.11 Å². The first-order valence-corrected chi connectivity index (χ1v) is 2.91. The van der Waals surface area contributed by atoms with Gasteiger partial charge in [0.05, 0.1) is 11.8 Å². The van der Waals surface area contributed by atoms with Crippen molar-refractivity contribution in [1.29, 1.82) is 0 Å². The van der Waals surface area contributed by atoms with Crippen molar-refractivity contribution in [1.82, 2.24) is 5.32 Å². The van der Waals surface area contributed by atoms with Gasteiger partial charge in [-0.15, -0.1) is 0 Å². The Hall–Kier alpha value is -0.610. The van der Waals surface area contributed by atoms with Crippen LogP contribution < -0.4 is 11.1 Å². The number of hydrogen-bond acceptors (Lipinski definition) is 4.